The van der Waals surface area contributed by atoms with E-state index in [1.165, 1.54) is 24.4 Å². The number of nitrogens with zero attached hydrogens (tertiary/aromatic N) is 3. The minimum Gasteiger partial charge on any atom is -0.477 e. The first-order chi connectivity index (χ1) is 9.52. The van der Waals surface area contributed by atoms with E-state index in [-0.39, 0.29) is 11.3 Å². The summed E-state index contributed by atoms with van der Waals surface area (Å²) in [5.74, 6) is -1.34. The summed E-state index contributed by atoms with van der Waals surface area (Å²) in [5, 5.41) is 26.9. The third kappa shape index (κ3) is 2.58. The van der Waals surface area contributed by atoms with Gasteiger partial charge in [0.1, 0.15) is 11.3 Å². The van der Waals surface area contributed by atoms with Crippen molar-refractivity contribution < 1.29 is 14.8 Å². The number of aromatic nitrogens is 2. The number of aryl methyl sites for hydroxylation is 1. The number of rotatable bonds is 5. The summed E-state index contributed by atoms with van der Waals surface area (Å²) < 4.78 is 1.65. The maximum absolute atomic E-state index is 11.1. The molecule has 104 valence electrons. The average molecular weight is 276 g/mol. The van der Waals surface area contributed by atoms with Crippen LogP contribution in [0.1, 0.15) is 17.3 Å². The van der Waals surface area contributed by atoms with Crippen molar-refractivity contribution >= 4 is 23.0 Å². The van der Waals surface area contributed by atoms with Crippen LogP contribution < -0.4 is 5.32 Å². The predicted octanol–water partition coefficient (Wildman–Crippen LogP) is 2.25. The van der Waals surface area contributed by atoms with Gasteiger partial charge in [-0.25, -0.2) is 4.79 Å². The number of para-hydroxylation sites is 1. The van der Waals surface area contributed by atoms with Gasteiger partial charge in [-0.2, -0.15) is 5.10 Å². The third-order valence-corrected chi connectivity index (χ3v) is 2.69. The zero-order valence-electron chi connectivity index (χ0n) is 10.6. The molecule has 0 spiro atoms. The molecule has 2 N–H and O–H groups in total. The fourth-order valence-corrected chi connectivity index (χ4v) is 1.77. The molecule has 2 rings (SSSR count). The summed E-state index contributed by atoms with van der Waals surface area (Å²) in [6.07, 6.45) is 3.19. The molecule has 1 aromatic heterocycles. The van der Waals surface area contributed by atoms with E-state index in [0.29, 0.717) is 12.2 Å². The third-order valence-electron chi connectivity index (χ3n) is 2.69. The molecule has 0 radical (unpaired) electrons. The largest absolute Gasteiger partial charge is 0.477 e. The van der Waals surface area contributed by atoms with Crippen LogP contribution in [-0.4, -0.2) is 25.8 Å². The normalized spacial score (nSPS) is 10.2. The molecule has 0 bridgehead atoms. The van der Waals surface area contributed by atoms with Crippen LogP contribution >= 0.6 is 0 Å². The Morgan fingerprint density at radius 1 is 1.55 bits per heavy atom. The Labute approximate surface area is 113 Å². The van der Waals surface area contributed by atoms with Crippen LogP contribution in [0.15, 0.2) is 30.6 Å². The van der Waals surface area contributed by atoms with Crippen LogP contribution in [0.25, 0.3) is 0 Å². The molecular weight excluding hydrogens is 264 g/mol. The van der Waals surface area contributed by atoms with E-state index in [1.807, 2.05) is 6.92 Å². The highest BCUT2D eigenvalue weighted by Gasteiger charge is 2.24. The first kappa shape index (κ1) is 13.5. The summed E-state index contributed by atoms with van der Waals surface area (Å²) in [6.45, 7) is 2.57. The van der Waals surface area contributed by atoms with Gasteiger partial charge < -0.3 is 10.4 Å². The molecule has 0 amide bonds. The summed E-state index contributed by atoms with van der Waals surface area (Å²) in [7, 11) is 0. The van der Waals surface area contributed by atoms with Crippen molar-refractivity contribution in [1.82, 2.24) is 9.78 Å². The number of nitro benzene ring substituents is 1. The van der Waals surface area contributed by atoms with Gasteiger partial charge in [0.05, 0.1) is 16.8 Å². The van der Waals surface area contributed by atoms with Gasteiger partial charge in [-0.3, -0.25) is 14.8 Å². The van der Waals surface area contributed by atoms with Crippen LogP contribution in [0, 0.1) is 10.1 Å². The number of anilines is 2. The molecule has 8 heteroatoms. The molecule has 2 aromatic rings. The Morgan fingerprint density at radius 3 is 2.85 bits per heavy atom. The zero-order valence-corrected chi connectivity index (χ0v) is 10.6. The van der Waals surface area contributed by atoms with Crippen molar-refractivity contribution in [3.05, 3.63) is 46.3 Å². The molecule has 0 aliphatic carbocycles. The molecule has 1 heterocycles. The van der Waals surface area contributed by atoms with Crippen molar-refractivity contribution in [2.24, 2.45) is 0 Å². The Hall–Kier alpha value is -2.90. The van der Waals surface area contributed by atoms with Crippen molar-refractivity contribution in [1.29, 1.82) is 0 Å². The fourth-order valence-electron chi connectivity index (χ4n) is 1.77. The van der Waals surface area contributed by atoms with E-state index in [9.17, 15) is 14.9 Å². The molecule has 0 fully saturated rings. The van der Waals surface area contributed by atoms with Gasteiger partial charge in [-0.1, -0.05) is 6.07 Å². The number of nitrogens with one attached hydrogen (secondary N) is 1. The maximum atomic E-state index is 11.1. The second kappa shape index (κ2) is 5.39. The number of aromatic carboxylic acids is 1. The van der Waals surface area contributed by atoms with E-state index >= 15 is 0 Å². The lowest BCUT2D eigenvalue weighted by molar-refractivity contribution is -0.384. The van der Waals surface area contributed by atoms with Gasteiger partial charge in [-0.05, 0) is 19.1 Å². The van der Waals surface area contributed by atoms with E-state index in [2.05, 4.69) is 10.4 Å². The summed E-state index contributed by atoms with van der Waals surface area (Å²) in [5.41, 5.74) is -0.157. The summed E-state index contributed by atoms with van der Waals surface area (Å²) in [6, 6.07) is 4.10. The fraction of sp³-hybridized carbons (Fsp3) is 0.167. The number of hydrogen-bond donors (Lipinski definition) is 2. The number of nitro groups is 1. The molecule has 0 atom stereocenters. The Morgan fingerprint density at radius 2 is 2.30 bits per heavy atom. The second-order valence-electron chi connectivity index (χ2n) is 3.97. The average Bonchev–Trinajstić information content (AvgIpc) is 2.85. The molecule has 0 aliphatic heterocycles. The maximum Gasteiger partial charge on any atom is 0.342 e. The molecule has 0 unspecified atom stereocenters. The second-order valence-corrected chi connectivity index (χ2v) is 3.97. The molecule has 20 heavy (non-hydrogen) atoms. The Bertz CT molecular complexity index is 665. The SMILES string of the molecule is CCn1cc(Nc2cccc(C(=O)O)c2[N+](=O)[O-])cn1. The lowest BCUT2D eigenvalue weighted by atomic mass is 10.1. The van der Waals surface area contributed by atoms with Gasteiger partial charge in [0.15, 0.2) is 0 Å². The molecule has 0 aliphatic rings. The van der Waals surface area contributed by atoms with Crippen LogP contribution in [0.2, 0.25) is 0 Å². The van der Waals surface area contributed by atoms with Gasteiger partial charge in [-0.15, -0.1) is 0 Å². The lowest BCUT2D eigenvalue weighted by Gasteiger charge is -2.06. The van der Waals surface area contributed by atoms with E-state index < -0.39 is 16.6 Å². The van der Waals surface area contributed by atoms with Crippen LogP contribution in [-0.2, 0) is 6.54 Å². The highest BCUT2D eigenvalue weighted by atomic mass is 16.6. The Balaban J connectivity index is 2.43. The van der Waals surface area contributed by atoms with E-state index in [4.69, 9.17) is 5.11 Å². The molecular formula is C12H12N4O4. The molecule has 1 aromatic carbocycles. The highest BCUT2D eigenvalue weighted by Crippen LogP contribution is 2.31. The molecule has 0 saturated carbocycles. The quantitative estimate of drug-likeness (QED) is 0.640. The topological polar surface area (TPSA) is 110 Å². The summed E-state index contributed by atoms with van der Waals surface area (Å²) >= 11 is 0. The number of benzene rings is 1. The van der Waals surface area contributed by atoms with Crippen molar-refractivity contribution in [3.8, 4) is 0 Å². The van der Waals surface area contributed by atoms with E-state index in [0.717, 1.165) is 0 Å². The summed E-state index contributed by atoms with van der Waals surface area (Å²) in [4.78, 5) is 21.4. The van der Waals surface area contributed by atoms with E-state index in [1.54, 1.807) is 10.9 Å². The minimum absolute atomic E-state index is 0.116. The van der Waals surface area contributed by atoms with Gasteiger partial charge in [0.2, 0.25) is 0 Å². The van der Waals surface area contributed by atoms with Gasteiger partial charge in [0.25, 0.3) is 0 Å². The standard InChI is InChI=1S/C12H12N4O4/c1-2-15-7-8(6-13-15)14-10-5-3-4-9(12(17)18)11(10)16(19)20/h3-7,14H,2H2,1H3,(H,17,18). The minimum atomic E-state index is -1.34. The number of carboxylic acids is 1. The van der Waals surface area contributed by atoms with Gasteiger partial charge >= 0.3 is 11.7 Å². The van der Waals surface area contributed by atoms with Gasteiger partial charge in [0, 0.05) is 12.7 Å². The van der Waals surface area contributed by atoms with Crippen molar-refractivity contribution in [2.45, 2.75) is 13.5 Å². The van der Waals surface area contributed by atoms with Crippen LogP contribution in [0.4, 0.5) is 17.1 Å². The Kier molecular flexibility index (Phi) is 3.65. The predicted molar refractivity (Wildman–Crippen MR) is 71.2 cm³/mol. The zero-order chi connectivity index (χ0) is 14.7. The smallest absolute Gasteiger partial charge is 0.342 e. The van der Waals surface area contributed by atoms with Crippen molar-refractivity contribution in [3.63, 3.8) is 0 Å². The molecule has 0 saturated heterocycles. The lowest BCUT2D eigenvalue weighted by Crippen LogP contribution is -2.05. The highest BCUT2D eigenvalue weighted by molar-refractivity contribution is 5.96. The monoisotopic (exact) mass is 276 g/mol. The van der Waals surface area contributed by atoms with Crippen molar-refractivity contribution in [2.75, 3.05) is 5.32 Å². The number of hydrogen-bond acceptors (Lipinski definition) is 5. The van der Waals surface area contributed by atoms with Crippen LogP contribution in [0.3, 0.4) is 0 Å². The number of carbonyl (C=O) groups is 1. The first-order valence-corrected chi connectivity index (χ1v) is 5.83. The molecule has 8 nitrogen and oxygen atoms in total. The number of carboxylic acid groups (broad SMARTS) is 1. The van der Waals surface area contributed by atoms with Crippen LogP contribution in [0.5, 0.6) is 0 Å². The first-order valence-electron chi connectivity index (χ1n) is 5.83.